The van der Waals surface area contributed by atoms with Crippen LogP contribution in [-0.2, 0) is 38.2 Å². The molecule has 0 aliphatic carbocycles. The molecule has 2 unspecified atom stereocenters. The summed E-state index contributed by atoms with van der Waals surface area (Å²) in [6.07, 6.45) is 57.4. The van der Waals surface area contributed by atoms with Crippen LogP contribution < -0.4 is 10.6 Å². The number of ether oxygens (including phenoxy) is 3. The van der Waals surface area contributed by atoms with Gasteiger partial charge in [0.2, 0.25) is 11.8 Å². The highest BCUT2D eigenvalue weighted by Crippen LogP contribution is 2.16. The molecular weight excluding hydrogens is 1430 g/mol. The first-order chi connectivity index (χ1) is 53.0. The van der Waals surface area contributed by atoms with Crippen molar-refractivity contribution in [2.45, 2.75) is 404 Å². The number of unbranched alkanes of at least 4 members (excludes halogenated alkanes) is 40. The van der Waals surface area contributed by atoms with Gasteiger partial charge < -0.3 is 85.7 Å². The summed E-state index contributed by atoms with van der Waals surface area (Å²) in [6.45, 7) is 21.6. The van der Waals surface area contributed by atoms with Crippen molar-refractivity contribution in [2.24, 2.45) is 0 Å². The lowest BCUT2D eigenvalue weighted by atomic mass is 10.1. The number of hydrogen-bond donors (Lipinski definition) is 12. The summed E-state index contributed by atoms with van der Waals surface area (Å²) in [5.74, 6) is -0.755. The Morgan fingerprint density at radius 1 is 0.304 bits per heavy atom. The molecular formula is C89H191N5O18. The average Bonchev–Trinajstić information content (AvgIpc) is 0.982. The van der Waals surface area contributed by atoms with Gasteiger partial charge in [-0.25, -0.2) is 0 Å². The molecule has 0 aromatic heterocycles. The van der Waals surface area contributed by atoms with Crippen molar-refractivity contribution in [1.29, 1.82) is 0 Å². The summed E-state index contributed by atoms with van der Waals surface area (Å²) in [4.78, 5) is 62.4. The molecule has 0 radical (unpaired) electrons. The summed E-state index contributed by atoms with van der Waals surface area (Å²) in [5.41, 5.74) is 0. The van der Waals surface area contributed by atoms with Gasteiger partial charge in [0.1, 0.15) is 13.2 Å². The van der Waals surface area contributed by atoms with Crippen LogP contribution in [-0.4, -0.2) is 252 Å². The Labute approximate surface area is 689 Å². The summed E-state index contributed by atoms with van der Waals surface area (Å²) in [6, 6.07) is 0. The van der Waals surface area contributed by atoms with Crippen LogP contribution in [0.25, 0.3) is 0 Å². The zero-order chi connectivity index (χ0) is 82.2. The zero-order valence-electron chi connectivity index (χ0n) is 71.6. The van der Waals surface area contributed by atoms with Crippen LogP contribution in [0.4, 0.5) is 0 Å². The fourth-order valence-corrected chi connectivity index (χ4v) is 11.7. The van der Waals surface area contributed by atoms with E-state index in [1.807, 2.05) is 4.90 Å². The Kier molecular flexibility index (Phi) is 129. The van der Waals surface area contributed by atoms with Gasteiger partial charge >= 0.3 is 17.9 Å². The third kappa shape index (κ3) is 120. The highest BCUT2D eigenvalue weighted by atomic mass is 16.5. The molecule has 0 saturated carbocycles. The zero-order valence-corrected chi connectivity index (χ0v) is 71.6. The van der Waals surface area contributed by atoms with Crippen molar-refractivity contribution >= 4 is 29.7 Å². The maximum absolute atomic E-state index is 12.2. The van der Waals surface area contributed by atoms with E-state index in [-0.39, 0.29) is 98.9 Å². The second kappa shape index (κ2) is 114. The average molecular weight is 1620 g/mol. The lowest BCUT2D eigenvalue weighted by Crippen LogP contribution is -2.36. The first-order valence-electron chi connectivity index (χ1n) is 44.4. The maximum atomic E-state index is 12.2. The molecule has 0 aliphatic rings. The third-order valence-corrected chi connectivity index (χ3v) is 18.1. The number of carbonyl (C=O) groups excluding carboxylic acids is 4. The normalized spacial score (nSPS) is 11.0. The first kappa shape index (κ1) is 127. The van der Waals surface area contributed by atoms with E-state index < -0.39 is 18.2 Å². The predicted octanol–water partition coefficient (Wildman–Crippen LogP) is 16.5. The van der Waals surface area contributed by atoms with Crippen LogP contribution in [0.2, 0.25) is 0 Å². The van der Waals surface area contributed by atoms with Crippen LogP contribution >= 0.6 is 0 Å². The predicted molar refractivity (Wildman–Crippen MR) is 468 cm³/mol. The molecule has 0 rings (SSSR count). The van der Waals surface area contributed by atoms with E-state index in [4.69, 9.17) is 60.2 Å². The highest BCUT2D eigenvalue weighted by Gasteiger charge is 2.15. The Bertz CT molecular complexity index is 1760. The molecule has 23 heteroatoms. The first-order valence-corrected chi connectivity index (χ1v) is 44.4. The number of carboxylic acids is 1. The number of carboxylic acid groups (broad SMARTS) is 1. The molecule has 23 nitrogen and oxygen atoms in total. The van der Waals surface area contributed by atoms with Crippen molar-refractivity contribution in [3.8, 4) is 0 Å². The van der Waals surface area contributed by atoms with E-state index >= 15 is 0 Å². The topological polar surface area (TPSA) is 349 Å². The highest BCUT2D eigenvalue weighted by molar-refractivity contribution is 5.76. The number of rotatable bonds is 77. The molecule has 112 heavy (non-hydrogen) atoms. The van der Waals surface area contributed by atoms with Crippen molar-refractivity contribution in [1.82, 2.24) is 25.3 Å². The van der Waals surface area contributed by atoms with Gasteiger partial charge in [-0.05, 0) is 46.0 Å². The van der Waals surface area contributed by atoms with Crippen LogP contribution in [0.15, 0.2) is 0 Å². The number of hydrogen-bond acceptors (Lipinski definition) is 20. The van der Waals surface area contributed by atoms with Crippen LogP contribution in [0.3, 0.4) is 0 Å². The number of aliphatic carboxylic acids is 1. The fraction of sp³-hybridized carbons (Fsp3) is 0.944. The molecule has 0 spiro atoms. The molecule has 0 aromatic carbocycles. The van der Waals surface area contributed by atoms with E-state index in [1.165, 1.54) is 225 Å². The van der Waals surface area contributed by atoms with E-state index in [1.54, 1.807) is 23.6 Å². The Hall–Kier alpha value is -3.17. The fourth-order valence-electron chi connectivity index (χ4n) is 11.7. The van der Waals surface area contributed by atoms with Gasteiger partial charge in [0, 0.05) is 104 Å². The molecule has 0 bridgehead atoms. The lowest BCUT2D eigenvalue weighted by Gasteiger charge is -2.22. The number of carbonyl (C=O) groups is 5. The molecule has 2 atom stereocenters. The number of esters is 2. The summed E-state index contributed by atoms with van der Waals surface area (Å²) in [7, 11) is 0. The molecule has 0 aliphatic heterocycles. The quantitative estimate of drug-likeness (QED) is 0.0199. The lowest BCUT2D eigenvalue weighted by molar-refractivity contribution is -0.145. The smallest absolute Gasteiger partial charge is 0.305 e. The number of aliphatic hydroxyl groups is 9. The van der Waals surface area contributed by atoms with E-state index in [0.29, 0.717) is 124 Å². The second-order valence-corrected chi connectivity index (χ2v) is 29.1. The standard InChI is InChI=1S/2C19H39NO4.2C16H33NO3.C12H24O2.C4H11NO2.3CH4/c1-3-4-5-6-7-8-9-10-11-12-19(23)20(13-15-21)14-16-24-17-18(2)22;1-3-4-5-6-7-8-9-10-11-12-19(23)24-16-14-20(13-15-21)17-18(2)22;1-2-3-4-5-6-7-8-9-10-11-16(19)20-15-13-17-12-14-18;1-2-3-4-5-6-7-8-9-10-11-16(20)17(12-14-18)13-15-19;1-2-3-4-5-6-7-8-9-10-11-12(13)14;6-3-1-5-2-4-7;;;/h2*18,21-22H,3-17H2,1-2H3;17-18H,2-15H2,1H3;18-19H,2-15H2,1H3;2-11H2,1H3,(H,13,14);5-7H,1-4H2;3*1H4. The van der Waals surface area contributed by atoms with E-state index in [0.717, 1.165) is 64.2 Å². The SMILES string of the molecule is C.C.C.CCCCCCCCCCCC(=O)N(CCO)CCO.CCCCCCCCCCCC(=O)N(CCO)CCOCC(C)O.CCCCCCCCCCCC(=O)O.CCCCCCCCCCCC(=O)OCCN(CCO)CC(C)O.CCCCCCCCCCCC(=O)OCCNCCO.OCCNCCO. The Balaban J connectivity index is -0.000000166. The minimum Gasteiger partial charge on any atom is -0.481 e. The van der Waals surface area contributed by atoms with Crippen molar-refractivity contribution in [3.05, 3.63) is 0 Å². The van der Waals surface area contributed by atoms with Gasteiger partial charge in [-0.1, -0.05) is 314 Å². The van der Waals surface area contributed by atoms with Crippen LogP contribution in [0.5, 0.6) is 0 Å². The van der Waals surface area contributed by atoms with Crippen LogP contribution in [0.1, 0.15) is 392 Å². The molecule has 12 N–H and O–H groups in total. The van der Waals surface area contributed by atoms with Gasteiger partial charge in [0.25, 0.3) is 0 Å². The molecule has 2 amide bonds. The van der Waals surface area contributed by atoms with Gasteiger partial charge in [0.15, 0.2) is 0 Å². The largest absolute Gasteiger partial charge is 0.481 e. The van der Waals surface area contributed by atoms with E-state index in [2.05, 4.69) is 45.3 Å². The molecule has 680 valence electrons. The van der Waals surface area contributed by atoms with Crippen molar-refractivity contribution in [2.75, 3.05) is 145 Å². The molecule has 0 heterocycles. The monoisotopic (exact) mass is 1620 g/mol. The van der Waals surface area contributed by atoms with Gasteiger partial charge in [0.05, 0.1) is 71.7 Å². The van der Waals surface area contributed by atoms with Crippen LogP contribution in [0, 0.1) is 0 Å². The summed E-state index contributed by atoms with van der Waals surface area (Å²) in [5, 5.41) is 93.3. The maximum Gasteiger partial charge on any atom is 0.305 e. The van der Waals surface area contributed by atoms with Crippen molar-refractivity contribution in [3.63, 3.8) is 0 Å². The number of nitrogens with one attached hydrogen (secondary N) is 2. The minimum absolute atomic E-state index is 0. The number of nitrogens with zero attached hydrogens (tertiary/aromatic N) is 3. The third-order valence-electron chi connectivity index (χ3n) is 18.1. The van der Waals surface area contributed by atoms with Gasteiger partial charge in [-0.2, -0.15) is 0 Å². The Morgan fingerprint density at radius 3 is 0.848 bits per heavy atom. The minimum atomic E-state index is -0.659. The number of amides is 2. The summed E-state index contributed by atoms with van der Waals surface area (Å²) < 4.78 is 15.6. The molecule has 0 fully saturated rings. The number of aliphatic hydroxyl groups excluding tert-OH is 9. The Morgan fingerprint density at radius 2 is 0.571 bits per heavy atom. The summed E-state index contributed by atoms with van der Waals surface area (Å²) >= 11 is 0. The van der Waals surface area contributed by atoms with Gasteiger partial charge in [-0.3, -0.25) is 28.9 Å². The molecule has 0 aromatic rings. The van der Waals surface area contributed by atoms with Crippen molar-refractivity contribution < 1.29 is 89.2 Å². The molecule has 0 saturated heterocycles. The van der Waals surface area contributed by atoms with E-state index in [9.17, 15) is 29.1 Å². The van der Waals surface area contributed by atoms with Gasteiger partial charge in [-0.15, -0.1) is 0 Å². The second-order valence-electron chi connectivity index (χ2n) is 29.1.